The van der Waals surface area contributed by atoms with Gasteiger partial charge in [-0.25, -0.2) is 0 Å². The van der Waals surface area contributed by atoms with Gasteiger partial charge in [0.1, 0.15) is 6.29 Å². The maximum absolute atomic E-state index is 10.3. The second kappa shape index (κ2) is 2.08. The Bertz CT molecular complexity index is 122. The highest BCUT2D eigenvalue weighted by Gasteiger charge is 2.35. The first kappa shape index (κ1) is 6.71. The largest absolute Gasteiger partial charge is 0.302 e. The van der Waals surface area contributed by atoms with Crippen LogP contribution in [0.15, 0.2) is 0 Å². The number of nitrogens with one attached hydrogen (secondary N) is 1. The van der Waals surface area contributed by atoms with Crippen molar-refractivity contribution in [3.63, 3.8) is 0 Å². The number of rotatable bonds is 1. The summed E-state index contributed by atoms with van der Waals surface area (Å²) in [5.41, 5.74) is 2.59. The standard InChI is InChI=1S/C6H11NO2/c1-6(2)4-9-7-5(6)3-8/h3,5,7H,4H2,1-2H3. The van der Waals surface area contributed by atoms with E-state index in [1.54, 1.807) is 0 Å². The lowest BCUT2D eigenvalue weighted by atomic mass is 9.88. The predicted octanol–water partition coefficient (Wildman–Crippen LogP) is 0.115. The lowest BCUT2D eigenvalue weighted by molar-refractivity contribution is -0.111. The van der Waals surface area contributed by atoms with Gasteiger partial charge in [0.2, 0.25) is 0 Å². The number of hydroxylamine groups is 1. The van der Waals surface area contributed by atoms with E-state index >= 15 is 0 Å². The van der Waals surface area contributed by atoms with Gasteiger partial charge in [-0.15, -0.1) is 0 Å². The monoisotopic (exact) mass is 129 g/mol. The molecule has 1 fully saturated rings. The van der Waals surface area contributed by atoms with Crippen LogP contribution < -0.4 is 5.48 Å². The molecule has 9 heavy (non-hydrogen) atoms. The minimum Gasteiger partial charge on any atom is -0.302 e. The van der Waals surface area contributed by atoms with E-state index in [0.717, 1.165) is 6.29 Å². The quantitative estimate of drug-likeness (QED) is 0.511. The van der Waals surface area contributed by atoms with Gasteiger partial charge in [0, 0.05) is 5.41 Å². The van der Waals surface area contributed by atoms with Crippen LogP contribution in [0, 0.1) is 5.41 Å². The molecule has 0 aromatic rings. The van der Waals surface area contributed by atoms with Gasteiger partial charge in [0.05, 0.1) is 12.6 Å². The number of aldehydes is 1. The van der Waals surface area contributed by atoms with Crippen LogP contribution in [0.2, 0.25) is 0 Å². The van der Waals surface area contributed by atoms with E-state index in [4.69, 9.17) is 4.84 Å². The fourth-order valence-corrected chi connectivity index (χ4v) is 0.779. The summed E-state index contributed by atoms with van der Waals surface area (Å²) in [6, 6.07) is -0.141. The van der Waals surface area contributed by atoms with Crippen LogP contribution in [0.1, 0.15) is 13.8 Å². The topological polar surface area (TPSA) is 38.3 Å². The lowest BCUT2D eigenvalue weighted by Gasteiger charge is -2.17. The summed E-state index contributed by atoms with van der Waals surface area (Å²) in [6.45, 7) is 4.59. The van der Waals surface area contributed by atoms with E-state index < -0.39 is 0 Å². The van der Waals surface area contributed by atoms with Crippen LogP contribution in [0.4, 0.5) is 0 Å². The fraction of sp³-hybridized carbons (Fsp3) is 0.833. The van der Waals surface area contributed by atoms with Crippen LogP contribution in [-0.4, -0.2) is 18.9 Å². The SMILES string of the molecule is CC1(C)CONC1C=O. The molecule has 0 bridgehead atoms. The molecule has 0 aliphatic carbocycles. The Balaban J connectivity index is 2.62. The first-order valence-electron chi connectivity index (χ1n) is 2.99. The first-order chi connectivity index (χ1) is 4.17. The zero-order valence-electron chi connectivity index (χ0n) is 5.68. The molecule has 0 radical (unpaired) electrons. The Hall–Kier alpha value is -0.410. The zero-order chi connectivity index (χ0) is 6.91. The predicted molar refractivity (Wildman–Crippen MR) is 32.7 cm³/mol. The molecule has 0 spiro atoms. The molecule has 1 saturated heterocycles. The highest BCUT2D eigenvalue weighted by atomic mass is 16.7. The molecule has 1 aliphatic heterocycles. The summed E-state index contributed by atoms with van der Waals surface area (Å²) in [5, 5.41) is 0. The number of hydrogen-bond donors (Lipinski definition) is 1. The normalized spacial score (nSPS) is 32.4. The molecule has 0 aromatic heterocycles. The maximum atomic E-state index is 10.3. The molecular formula is C6H11NO2. The molecule has 52 valence electrons. The van der Waals surface area contributed by atoms with Crippen LogP contribution >= 0.6 is 0 Å². The van der Waals surface area contributed by atoms with Gasteiger partial charge < -0.3 is 9.63 Å². The van der Waals surface area contributed by atoms with Crippen molar-refractivity contribution in [2.45, 2.75) is 19.9 Å². The highest BCUT2D eigenvalue weighted by Crippen LogP contribution is 2.23. The van der Waals surface area contributed by atoms with E-state index in [1.807, 2.05) is 13.8 Å². The fourth-order valence-electron chi connectivity index (χ4n) is 0.779. The Morgan fingerprint density at radius 2 is 2.44 bits per heavy atom. The molecule has 1 N–H and O–H groups in total. The second-order valence-electron chi connectivity index (χ2n) is 3.01. The summed E-state index contributed by atoms with van der Waals surface area (Å²) >= 11 is 0. The number of carbonyl (C=O) groups excluding carboxylic acids is 1. The van der Waals surface area contributed by atoms with Crippen LogP contribution in [0.3, 0.4) is 0 Å². The van der Waals surface area contributed by atoms with Crippen molar-refractivity contribution in [2.24, 2.45) is 5.41 Å². The first-order valence-corrected chi connectivity index (χ1v) is 2.99. The van der Waals surface area contributed by atoms with Crippen molar-refractivity contribution in [3.8, 4) is 0 Å². The van der Waals surface area contributed by atoms with E-state index in [2.05, 4.69) is 5.48 Å². The van der Waals surface area contributed by atoms with Crippen LogP contribution in [-0.2, 0) is 9.63 Å². The maximum Gasteiger partial charge on any atom is 0.139 e. The van der Waals surface area contributed by atoms with Gasteiger partial charge in [0.15, 0.2) is 0 Å². The van der Waals surface area contributed by atoms with Gasteiger partial charge in [-0.2, -0.15) is 5.48 Å². The highest BCUT2D eigenvalue weighted by molar-refractivity contribution is 5.59. The van der Waals surface area contributed by atoms with Crippen molar-refractivity contribution in [3.05, 3.63) is 0 Å². The van der Waals surface area contributed by atoms with Crippen LogP contribution in [0.5, 0.6) is 0 Å². The second-order valence-corrected chi connectivity index (χ2v) is 3.01. The molecule has 1 atom stereocenters. The van der Waals surface area contributed by atoms with Crippen LogP contribution in [0.25, 0.3) is 0 Å². The molecule has 1 rings (SSSR count). The van der Waals surface area contributed by atoms with E-state index in [0.29, 0.717) is 6.61 Å². The van der Waals surface area contributed by atoms with Crippen molar-refractivity contribution in [1.29, 1.82) is 0 Å². The van der Waals surface area contributed by atoms with E-state index in [9.17, 15) is 4.79 Å². The summed E-state index contributed by atoms with van der Waals surface area (Å²) in [7, 11) is 0. The van der Waals surface area contributed by atoms with Crippen molar-refractivity contribution < 1.29 is 9.63 Å². The van der Waals surface area contributed by atoms with Crippen molar-refractivity contribution >= 4 is 6.29 Å². The summed E-state index contributed by atoms with van der Waals surface area (Å²) in [5.74, 6) is 0. The number of carbonyl (C=O) groups is 1. The van der Waals surface area contributed by atoms with Gasteiger partial charge in [0.25, 0.3) is 0 Å². The molecular weight excluding hydrogens is 118 g/mol. The summed E-state index contributed by atoms with van der Waals surface area (Å²) in [6.07, 6.45) is 0.882. The molecule has 0 saturated carbocycles. The Morgan fingerprint density at radius 3 is 2.67 bits per heavy atom. The number of hydrogen-bond acceptors (Lipinski definition) is 3. The van der Waals surface area contributed by atoms with Crippen molar-refractivity contribution in [1.82, 2.24) is 5.48 Å². The summed E-state index contributed by atoms with van der Waals surface area (Å²) in [4.78, 5) is 15.2. The Morgan fingerprint density at radius 1 is 1.78 bits per heavy atom. The average Bonchev–Trinajstić information content (AvgIpc) is 2.08. The average molecular weight is 129 g/mol. The lowest BCUT2D eigenvalue weighted by Crippen LogP contribution is -2.34. The third kappa shape index (κ3) is 1.11. The molecule has 1 unspecified atom stereocenters. The third-order valence-electron chi connectivity index (χ3n) is 1.63. The van der Waals surface area contributed by atoms with Gasteiger partial charge in [-0.1, -0.05) is 13.8 Å². The Kier molecular flexibility index (Phi) is 1.55. The molecule has 3 heteroatoms. The summed E-state index contributed by atoms with van der Waals surface area (Å²) < 4.78 is 0. The third-order valence-corrected chi connectivity index (χ3v) is 1.63. The van der Waals surface area contributed by atoms with E-state index in [1.165, 1.54) is 0 Å². The zero-order valence-corrected chi connectivity index (χ0v) is 5.68. The van der Waals surface area contributed by atoms with Gasteiger partial charge >= 0.3 is 0 Å². The molecule has 0 aromatic carbocycles. The molecule has 0 amide bonds. The van der Waals surface area contributed by atoms with E-state index in [-0.39, 0.29) is 11.5 Å². The van der Waals surface area contributed by atoms with Gasteiger partial charge in [-0.05, 0) is 0 Å². The Labute approximate surface area is 54.3 Å². The smallest absolute Gasteiger partial charge is 0.139 e. The van der Waals surface area contributed by atoms with Gasteiger partial charge in [-0.3, -0.25) is 0 Å². The molecule has 1 heterocycles. The minimum atomic E-state index is -0.141. The van der Waals surface area contributed by atoms with Crippen molar-refractivity contribution in [2.75, 3.05) is 6.61 Å². The molecule has 3 nitrogen and oxygen atoms in total. The minimum absolute atomic E-state index is 0.0399. The molecule has 1 aliphatic rings.